The van der Waals surface area contributed by atoms with Crippen molar-refractivity contribution in [3.05, 3.63) is 49.5 Å². The summed E-state index contributed by atoms with van der Waals surface area (Å²) in [7, 11) is 1.45. The number of carbonyl (C=O) groups is 2. The summed E-state index contributed by atoms with van der Waals surface area (Å²) < 4.78 is 0.225. The van der Waals surface area contributed by atoms with Gasteiger partial charge in [-0.2, -0.15) is 0 Å². The van der Waals surface area contributed by atoms with Gasteiger partial charge in [0.2, 0.25) is 0 Å². The maximum atomic E-state index is 11.7. The van der Waals surface area contributed by atoms with E-state index in [1.807, 2.05) is 0 Å². The number of hydrogen-bond acceptors (Lipinski definition) is 6. The number of nitro groups is 1. The van der Waals surface area contributed by atoms with Gasteiger partial charge in [0.05, 0.1) is 0 Å². The molecule has 1 aromatic rings. The van der Waals surface area contributed by atoms with Gasteiger partial charge in [0.15, 0.2) is 9.50 Å². The van der Waals surface area contributed by atoms with Gasteiger partial charge < -0.3 is 21.3 Å². The third-order valence-electron chi connectivity index (χ3n) is 3.72. The highest BCUT2D eigenvalue weighted by molar-refractivity contribution is 7.16. The van der Waals surface area contributed by atoms with Gasteiger partial charge in [-0.25, -0.2) is 19.9 Å². The van der Waals surface area contributed by atoms with Crippen LogP contribution in [0.15, 0.2) is 35.1 Å². The van der Waals surface area contributed by atoms with Gasteiger partial charge >= 0.3 is 11.9 Å². The topological polar surface area (TPSA) is 181 Å². The molecule has 11 nitrogen and oxygen atoms in total. The van der Waals surface area contributed by atoms with Crippen molar-refractivity contribution in [1.29, 1.82) is 0 Å². The minimum Gasteiger partial charge on any atom is -0.480 e. The van der Waals surface area contributed by atoms with Gasteiger partial charge in [0.25, 0.3) is 5.96 Å². The van der Waals surface area contributed by atoms with Crippen LogP contribution in [-0.4, -0.2) is 45.2 Å². The molecule has 1 aromatic heterocycles. The van der Waals surface area contributed by atoms with Crippen molar-refractivity contribution in [2.75, 3.05) is 7.05 Å². The van der Waals surface area contributed by atoms with E-state index in [4.69, 9.17) is 22.4 Å². The number of carboxylic acid groups (broad SMARTS) is 2. The smallest absolute Gasteiger partial charge is 0.331 e. The van der Waals surface area contributed by atoms with Crippen LogP contribution in [0.4, 0.5) is 0 Å². The first-order chi connectivity index (χ1) is 12.6. The SMILES string of the molecule is CC1C(C(=O)O)=CC=CC1(C(=O)O)c1cnc(Cl)s1.CNC(N)=N[N+](=O)[O-]. The zero-order valence-corrected chi connectivity index (χ0v) is 15.7. The van der Waals surface area contributed by atoms with Crippen LogP contribution in [0.1, 0.15) is 11.8 Å². The highest BCUT2D eigenvalue weighted by Crippen LogP contribution is 2.43. The lowest BCUT2D eigenvalue weighted by atomic mass is 9.69. The normalized spacial score (nSPS) is 21.5. The fourth-order valence-electron chi connectivity index (χ4n) is 2.33. The van der Waals surface area contributed by atoms with Crippen molar-refractivity contribution in [1.82, 2.24) is 10.3 Å². The fourth-order valence-corrected chi connectivity index (χ4v) is 3.52. The van der Waals surface area contributed by atoms with Crippen molar-refractivity contribution in [3.8, 4) is 0 Å². The molecule has 1 aliphatic rings. The van der Waals surface area contributed by atoms with Crippen LogP contribution in [-0.2, 0) is 15.0 Å². The number of guanidine groups is 1. The summed E-state index contributed by atoms with van der Waals surface area (Å²) in [6.45, 7) is 1.57. The van der Waals surface area contributed by atoms with E-state index in [0.717, 1.165) is 11.3 Å². The Hall–Kier alpha value is -2.99. The number of allylic oxidation sites excluding steroid dienone is 2. The first-order valence-electron chi connectivity index (χ1n) is 7.20. The molecule has 0 saturated heterocycles. The monoisotopic (exact) mass is 417 g/mol. The molecule has 2 unspecified atom stereocenters. The van der Waals surface area contributed by atoms with Crippen molar-refractivity contribution in [3.63, 3.8) is 0 Å². The number of nitrogens with zero attached hydrogens (tertiary/aromatic N) is 3. The quantitative estimate of drug-likeness (QED) is 0.241. The average Bonchev–Trinajstić information content (AvgIpc) is 3.01. The van der Waals surface area contributed by atoms with E-state index >= 15 is 0 Å². The first kappa shape index (κ1) is 22.1. The minimum atomic E-state index is -1.44. The molecular weight excluding hydrogens is 402 g/mol. The number of hydrogen-bond donors (Lipinski definition) is 4. The summed E-state index contributed by atoms with van der Waals surface area (Å²) in [5, 5.41) is 32.3. The van der Waals surface area contributed by atoms with Crippen LogP contribution < -0.4 is 11.1 Å². The van der Waals surface area contributed by atoms with Crippen molar-refractivity contribution in [2.24, 2.45) is 16.8 Å². The van der Waals surface area contributed by atoms with Gasteiger partial charge in [-0.1, -0.05) is 36.8 Å². The maximum absolute atomic E-state index is 11.7. The number of aromatic nitrogens is 1. The summed E-state index contributed by atoms with van der Waals surface area (Å²) >= 11 is 6.79. The van der Waals surface area contributed by atoms with Gasteiger partial charge in [-0.3, -0.25) is 4.79 Å². The number of carboxylic acids is 2. The number of nitrogens with one attached hydrogen (secondary N) is 1. The third-order valence-corrected chi connectivity index (χ3v) is 4.98. The molecule has 2 atom stereocenters. The Labute approximate surface area is 162 Å². The Morgan fingerprint density at radius 3 is 2.52 bits per heavy atom. The largest absolute Gasteiger partial charge is 0.480 e. The summed E-state index contributed by atoms with van der Waals surface area (Å²) in [5.74, 6) is -3.17. The molecule has 146 valence electrons. The van der Waals surface area contributed by atoms with E-state index in [9.17, 15) is 24.8 Å². The molecule has 13 heteroatoms. The van der Waals surface area contributed by atoms with Crippen molar-refractivity contribution < 1.29 is 24.8 Å². The molecule has 0 aromatic carbocycles. The Bertz CT molecular complexity index is 836. The van der Waals surface area contributed by atoms with Crippen LogP contribution >= 0.6 is 22.9 Å². The van der Waals surface area contributed by atoms with Gasteiger partial charge in [-0.05, 0) is 0 Å². The zero-order valence-electron chi connectivity index (χ0n) is 14.1. The number of halogens is 1. The van der Waals surface area contributed by atoms with Crippen LogP contribution in [0, 0.1) is 16.0 Å². The lowest BCUT2D eigenvalue weighted by molar-refractivity contribution is -0.485. The van der Waals surface area contributed by atoms with Gasteiger partial charge in [0, 0.05) is 29.6 Å². The van der Waals surface area contributed by atoms with Crippen LogP contribution in [0.3, 0.4) is 0 Å². The fraction of sp³-hybridized carbons (Fsp3) is 0.286. The van der Waals surface area contributed by atoms with Crippen LogP contribution in [0.25, 0.3) is 0 Å². The molecule has 0 spiro atoms. The molecule has 2 rings (SSSR count). The molecule has 1 heterocycles. The first-order valence-corrected chi connectivity index (χ1v) is 8.39. The predicted molar refractivity (Wildman–Crippen MR) is 98.1 cm³/mol. The standard InChI is InChI=1S/C12H10ClNO4S.C2H6N4O2/c1-6-7(9(15)16)3-2-4-12(6,10(17)18)8-5-14-11(13)19-8;1-4-2(3)5-6(7)8/h2-6H,1H3,(H,15,16)(H,17,18);1H3,(H3,3,4,5). The number of nitrogens with two attached hydrogens (primary N) is 1. The lowest BCUT2D eigenvalue weighted by Crippen LogP contribution is -2.42. The lowest BCUT2D eigenvalue weighted by Gasteiger charge is -2.33. The second kappa shape index (κ2) is 9.09. The summed E-state index contributed by atoms with van der Waals surface area (Å²) in [4.78, 5) is 36.6. The second-order valence-electron chi connectivity index (χ2n) is 5.13. The molecule has 27 heavy (non-hydrogen) atoms. The summed E-state index contributed by atoms with van der Waals surface area (Å²) in [6, 6.07) is 0. The van der Waals surface area contributed by atoms with E-state index in [0.29, 0.717) is 4.88 Å². The van der Waals surface area contributed by atoms with Gasteiger partial charge in [0.1, 0.15) is 10.5 Å². The maximum Gasteiger partial charge on any atom is 0.331 e. The zero-order chi connectivity index (χ0) is 20.8. The predicted octanol–water partition coefficient (Wildman–Crippen LogP) is 1.05. The number of aliphatic carboxylic acids is 2. The van der Waals surface area contributed by atoms with Crippen LogP contribution in [0.2, 0.25) is 4.47 Å². The molecule has 5 N–H and O–H groups in total. The van der Waals surface area contributed by atoms with E-state index in [2.05, 4.69) is 15.4 Å². The number of thiazole rings is 1. The van der Waals surface area contributed by atoms with Crippen molar-refractivity contribution in [2.45, 2.75) is 12.3 Å². The van der Waals surface area contributed by atoms with E-state index in [-0.39, 0.29) is 16.0 Å². The Balaban J connectivity index is 0.000000387. The van der Waals surface area contributed by atoms with E-state index in [1.54, 1.807) is 6.92 Å². The molecular formula is C14H16ClN5O6S. The number of rotatable bonds is 4. The molecule has 0 bridgehead atoms. The minimum absolute atomic E-state index is 0.0504. The number of hydrazone groups is 1. The Morgan fingerprint density at radius 2 is 2.15 bits per heavy atom. The third kappa shape index (κ3) is 5.01. The van der Waals surface area contributed by atoms with Crippen LogP contribution in [0.5, 0.6) is 0 Å². The van der Waals surface area contributed by atoms with Crippen molar-refractivity contribution >= 4 is 40.8 Å². The highest BCUT2D eigenvalue weighted by Gasteiger charge is 2.48. The molecule has 0 fully saturated rings. The van der Waals surface area contributed by atoms with Gasteiger partial charge in [-0.15, -0.1) is 11.3 Å². The molecule has 1 aliphatic carbocycles. The van der Waals surface area contributed by atoms with E-state index < -0.39 is 28.3 Å². The Kier molecular flexibility index (Phi) is 7.43. The molecule has 0 radical (unpaired) electrons. The highest BCUT2D eigenvalue weighted by atomic mass is 35.5. The van der Waals surface area contributed by atoms with E-state index in [1.165, 1.54) is 31.5 Å². The molecule has 0 amide bonds. The molecule has 0 saturated carbocycles. The molecule has 0 aliphatic heterocycles. The second-order valence-corrected chi connectivity index (χ2v) is 6.75. The average molecular weight is 418 g/mol. The summed E-state index contributed by atoms with van der Waals surface area (Å²) in [6.07, 6.45) is 5.73. The summed E-state index contributed by atoms with van der Waals surface area (Å²) in [5.41, 5.74) is 3.48. The Morgan fingerprint density at radius 1 is 1.52 bits per heavy atom.